The first-order valence-corrected chi connectivity index (χ1v) is 8.46. The number of aliphatic hydroxyl groups excluding tert-OH is 1. The van der Waals surface area contributed by atoms with Crippen molar-refractivity contribution in [1.29, 1.82) is 0 Å². The van der Waals surface area contributed by atoms with E-state index in [2.05, 4.69) is 47.5 Å². The van der Waals surface area contributed by atoms with Gasteiger partial charge in [0.1, 0.15) is 0 Å². The first kappa shape index (κ1) is 15.3. The Morgan fingerprint density at radius 3 is 2.73 bits per heavy atom. The minimum Gasteiger partial charge on any atom is -0.391 e. The highest BCUT2D eigenvalue weighted by atomic mass is 16.3. The topological polar surface area (TPSA) is 47.9 Å². The smallest absolute Gasteiger partial charge is 0.194 e. The number of aliphatic hydroxyl groups is 1. The van der Waals surface area contributed by atoms with Crippen molar-refractivity contribution in [1.82, 2.24) is 10.2 Å². The van der Waals surface area contributed by atoms with E-state index in [4.69, 9.17) is 4.99 Å². The fourth-order valence-corrected chi connectivity index (χ4v) is 3.20. The molecule has 4 heteroatoms. The van der Waals surface area contributed by atoms with Crippen LogP contribution in [0.5, 0.6) is 0 Å². The number of benzene rings is 1. The lowest BCUT2D eigenvalue weighted by Gasteiger charge is -2.22. The van der Waals surface area contributed by atoms with Gasteiger partial charge in [0, 0.05) is 26.2 Å². The molecule has 1 heterocycles. The summed E-state index contributed by atoms with van der Waals surface area (Å²) in [5.41, 5.74) is 1.78. The van der Waals surface area contributed by atoms with Gasteiger partial charge in [-0.05, 0) is 43.6 Å². The van der Waals surface area contributed by atoms with Crippen LogP contribution in [-0.4, -0.2) is 48.2 Å². The molecule has 22 heavy (non-hydrogen) atoms. The maximum atomic E-state index is 9.73. The van der Waals surface area contributed by atoms with E-state index < -0.39 is 0 Å². The Labute approximate surface area is 133 Å². The first-order chi connectivity index (χ1) is 10.7. The van der Waals surface area contributed by atoms with Crippen molar-refractivity contribution >= 4 is 5.96 Å². The van der Waals surface area contributed by atoms with Crippen molar-refractivity contribution in [2.45, 2.75) is 38.7 Å². The van der Waals surface area contributed by atoms with Crippen LogP contribution in [0.15, 0.2) is 35.3 Å². The number of hydrogen-bond donors (Lipinski definition) is 2. The van der Waals surface area contributed by atoms with Gasteiger partial charge in [-0.25, -0.2) is 0 Å². The highest BCUT2D eigenvalue weighted by Crippen LogP contribution is 2.48. The van der Waals surface area contributed by atoms with E-state index in [-0.39, 0.29) is 6.10 Å². The summed E-state index contributed by atoms with van der Waals surface area (Å²) in [5.74, 6) is 0.971. The van der Waals surface area contributed by atoms with Gasteiger partial charge in [-0.15, -0.1) is 0 Å². The lowest BCUT2D eigenvalue weighted by Crippen LogP contribution is -2.41. The second-order valence-corrected chi connectivity index (χ2v) is 6.72. The third kappa shape index (κ3) is 3.80. The number of aliphatic imine (C=N–C) groups is 1. The molecule has 1 saturated heterocycles. The quantitative estimate of drug-likeness (QED) is 0.646. The number of nitrogens with zero attached hydrogens (tertiary/aromatic N) is 2. The molecule has 1 aromatic rings. The summed E-state index contributed by atoms with van der Waals surface area (Å²) in [6, 6.07) is 10.7. The monoisotopic (exact) mass is 301 g/mol. The molecule has 1 aliphatic carbocycles. The molecule has 2 N–H and O–H groups in total. The maximum Gasteiger partial charge on any atom is 0.194 e. The van der Waals surface area contributed by atoms with E-state index in [1.807, 2.05) is 0 Å². The van der Waals surface area contributed by atoms with E-state index in [0.717, 1.165) is 38.4 Å². The van der Waals surface area contributed by atoms with E-state index >= 15 is 0 Å². The van der Waals surface area contributed by atoms with Crippen LogP contribution < -0.4 is 5.32 Å². The second kappa shape index (κ2) is 6.69. The molecule has 120 valence electrons. The average Bonchev–Trinajstić information content (AvgIpc) is 3.15. The third-order valence-corrected chi connectivity index (χ3v) is 4.74. The van der Waals surface area contributed by atoms with Crippen molar-refractivity contribution in [3.8, 4) is 0 Å². The van der Waals surface area contributed by atoms with Gasteiger partial charge in [0.25, 0.3) is 0 Å². The average molecular weight is 301 g/mol. The molecular weight excluding hydrogens is 274 g/mol. The predicted octanol–water partition coefficient (Wildman–Crippen LogP) is 2.04. The summed E-state index contributed by atoms with van der Waals surface area (Å²) in [6.07, 6.45) is 4.31. The van der Waals surface area contributed by atoms with E-state index in [0.29, 0.717) is 12.0 Å². The SMILES string of the molecule is CCNC(=NCC1(Cc2ccccc2)CC1)N1CC[C@@H](O)C1. The Hall–Kier alpha value is -1.55. The highest BCUT2D eigenvalue weighted by Gasteiger charge is 2.42. The Morgan fingerprint density at radius 1 is 1.36 bits per heavy atom. The van der Waals surface area contributed by atoms with Gasteiger partial charge < -0.3 is 15.3 Å². The lowest BCUT2D eigenvalue weighted by atomic mass is 9.97. The fraction of sp³-hybridized carbons (Fsp3) is 0.611. The zero-order valence-electron chi connectivity index (χ0n) is 13.5. The summed E-state index contributed by atoms with van der Waals surface area (Å²) in [4.78, 5) is 7.07. The normalized spacial score (nSPS) is 23.6. The molecule has 4 nitrogen and oxygen atoms in total. The molecule has 1 aromatic carbocycles. The van der Waals surface area contributed by atoms with Crippen molar-refractivity contribution < 1.29 is 5.11 Å². The fourth-order valence-electron chi connectivity index (χ4n) is 3.20. The van der Waals surface area contributed by atoms with Crippen LogP contribution in [0.4, 0.5) is 0 Å². The molecule has 0 spiro atoms. The van der Waals surface area contributed by atoms with Gasteiger partial charge in [-0.2, -0.15) is 0 Å². The molecule has 2 fully saturated rings. The standard InChI is InChI=1S/C18H27N3O/c1-2-19-17(21-11-8-16(22)13-21)20-14-18(9-10-18)12-15-6-4-3-5-7-15/h3-7,16,22H,2,8-14H2,1H3,(H,19,20)/t16-/m1/s1. The van der Waals surface area contributed by atoms with Gasteiger partial charge in [0.05, 0.1) is 6.10 Å². The van der Waals surface area contributed by atoms with Gasteiger partial charge in [-0.3, -0.25) is 4.99 Å². The third-order valence-electron chi connectivity index (χ3n) is 4.74. The molecular formula is C18H27N3O. The van der Waals surface area contributed by atoms with Gasteiger partial charge >= 0.3 is 0 Å². The number of nitrogens with one attached hydrogen (secondary N) is 1. The molecule has 1 aliphatic heterocycles. The van der Waals surface area contributed by atoms with E-state index in [9.17, 15) is 5.11 Å². The van der Waals surface area contributed by atoms with Crippen molar-refractivity contribution in [3.05, 3.63) is 35.9 Å². The molecule has 2 aliphatic rings. The van der Waals surface area contributed by atoms with Crippen LogP contribution in [0.1, 0.15) is 31.7 Å². The predicted molar refractivity (Wildman–Crippen MR) is 90.0 cm³/mol. The number of β-amino-alcohol motifs (C(OH)–C–C–N with tert-alkyl or cyclic N) is 1. The van der Waals surface area contributed by atoms with Gasteiger partial charge in [-0.1, -0.05) is 30.3 Å². The summed E-state index contributed by atoms with van der Waals surface area (Å²) >= 11 is 0. The zero-order valence-corrected chi connectivity index (χ0v) is 13.5. The van der Waals surface area contributed by atoms with Crippen LogP contribution in [0.2, 0.25) is 0 Å². The summed E-state index contributed by atoms with van der Waals surface area (Å²) < 4.78 is 0. The summed E-state index contributed by atoms with van der Waals surface area (Å²) in [6.45, 7) is 5.46. The number of rotatable bonds is 5. The number of likely N-dealkylation sites (tertiary alicyclic amines) is 1. The molecule has 0 unspecified atom stereocenters. The Balaban J connectivity index is 1.62. The minimum atomic E-state index is -0.205. The lowest BCUT2D eigenvalue weighted by molar-refractivity contribution is 0.187. The minimum absolute atomic E-state index is 0.205. The molecule has 0 bridgehead atoms. The van der Waals surface area contributed by atoms with Crippen molar-refractivity contribution in [2.24, 2.45) is 10.4 Å². The summed E-state index contributed by atoms with van der Waals surface area (Å²) in [7, 11) is 0. The molecule has 0 aromatic heterocycles. The highest BCUT2D eigenvalue weighted by molar-refractivity contribution is 5.80. The van der Waals surface area contributed by atoms with Crippen LogP contribution >= 0.6 is 0 Å². The van der Waals surface area contributed by atoms with Crippen molar-refractivity contribution in [2.75, 3.05) is 26.2 Å². The second-order valence-electron chi connectivity index (χ2n) is 6.72. The first-order valence-electron chi connectivity index (χ1n) is 8.46. The molecule has 1 atom stereocenters. The van der Waals surface area contributed by atoms with Crippen LogP contribution in [0, 0.1) is 5.41 Å². The van der Waals surface area contributed by atoms with Crippen LogP contribution in [0.25, 0.3) is 0 Å². The Kier molecular flexibility index (Phi) is 4.67. The van der Waals surface area contributed by atoms with Crippen molar-refractivity contribution in [3.63, 3.8) is 0 Å². The molecule has 1 saturated carbocycles. The van der Waals surface area contributed by atoms with Crippen LogP contribution in [-0.2, 0) is 6.42 Å². The van der Waals surface area contributed by atoms with E-state index in [1.165, 1.54) is 18.4 Å². The molecule has 0 radical (unpaired) electrons. The number of hydrogen-bond acceptors (Lipinski definition) is 2. The molecule has 3 rings (SSSR count). The summed E-state index contributed by atoms with van der Waals surface area (Å²) in [5, 5.41) is 13.1. The molecule has 0 amide bonds. The number of guanidine groups is 1. The van der Waals surface area contributed by atoms with E-state index in [1.54, 1.807) is 0 Å². The van der Waals surface area contributed by atoms with Gasteiger partial charge in [0.15, 0.2) is 5.96 Å². The zero-order chi connectivity index (χ0) is 15.4. The Bertz CT molecular complexity index is 510. The largest absolute Gasteiger partial charge is 0.391 e. The van der Waals surface area contributed by atoms with Crippen LogP contribution in [0.3, 0.4) is 0 Å². The Morgan fingerprint density at radius 2 is 2.14 bits per heavy atom. The maximum absolute atomic E-state index is 9.73. The van der Waals surface area contributed by atoms with Gasteiger partial charge in [0.2, 0.25) is 0 Å².